The second-order valence-corrected chi connectivity index (χ2v) is 2.11. The first-order valence-corrected chi connectivity index (χ1v) is 3.47. The minimum absolute atomic E-state index is 0.0948. The van der Waals surface area contributed by atoms with Crippen molar-refractivity contribution in [2.24, 2.45) is 5.73 Å². The number of aliphatic hydroxyl groups excluding tert-OH is 1. The van der Waals surface area contributed by atoms with Gasteiger partial charge in [0.15, 0.2) is 0 Å². The average Bonchev–Trinajstić information content (AvgIpc) is 2.02. The zero-order chi connectivity index (χ0) is 8.85. The van der Waals surface area contributed by atoms with Crippen LogP contribution < -0.4 is 5.73 Å². The SMILES string of the molecule is N[C@@H](CS)C(=O)OC(=O)CO. The fourth-order valence-electron chi connectivity index (χ4n) is 0.295. The summed E-state index contributed by atoms with van der Waals surface area (Å²) in [5, 5.41) is 8.15. The molecule has 0 radical (unpaired) electrons. The molecule has 0 rings (SSSR count). The molecule has 6 heteroatoms. The Balaban J connectivity index is 3.77. The fraction of sp³-hybridized carbons (Fsp3) is 0.600. The summed E-state index contributed by atoms with van der Waals surface area (Å²) in [6, 6.07) is -0.922. The van der Waals surface area contributed by atoms with Gasteiger partial charge in [-0.1, -0.05) is 0 Å². The topological polar surface area (TPSA) is 89.6 Å². The number of thiol groups is 1. The maximum atomic E-state index is 10.6. The Kier molecular flexibility index (Phi) is 4.84. The molecule has 0 aromatic heterocycles. The second kappa shape index (κ2) is 5.11. The van der Waals surface area contributed by atoms with Gasteiger partial charge in [0.2, 0.25) is 0 Å². The molecule has 11 heavy (non-hydrogen) atoms. The Morgan fingerprint density at radius 2 is 2.18 bits per heavy atom. The smallest absolute Gasteiger partial charge is 0.339 e. The standard InChI is InChI=1S/C5H9NO4S/c6-3(2-11)5(9)10-4(8)1-7/h3,7,11H,1-2,6H2/t3-/m0/s1. The first-order chi connectivity index (χ1) is 5.11. The molecule has 1 atom stereocenters. The summed E-state index contributed by atoms with van der Waals surface area (Å²) in [4.78, 5) is 20.9. The van der Waals surface area contributed by atoms with Gasteiger partial charge >= 0.3 is 11.9 Å². The fourth-order valence-corrected chi connectivity index (χ4v) is 0.444. The van der Waals surface area contributed by atoms with Crippen LogP contribution in [0.2, 0.25) is 0 Å². The molecule has 0 unspecified atom stereocenters. The van der Waals surface area contributed by atoms with Crippen LogP contribution in [0.5, 0.6) is 0 Å². The number of carbonyl (C=O) groups excluding carboxylic acids is 2. The molecule has 64 valence electrons. The molecule has 0 aromatic rings. The van der Waals surface area contributed by atoms with Gasteiger partial charge in [0, 0.05) is 5.75 Å². The Morgan fingerprint density at radius 1 is 1.64 bits per heavy atom. The van der Waals surface area contributed by atoms with Gasteiger partial charge in [-0.15, -0.1) is 0 Å². The van der Waals surface area contributed by atoms with E-state index in [0.29, 0.717) is 0 Å². The van der Waals surface area contributed by atoms with Gasteiger partial charge in [0.1, 0.15) is 12.6 Å². The maximum Gasteiger partial charge on any atom is 0.339 e. The lowest BCUT2D eigenvalue weighted by Gasteiger charge is -2.05. The monoisotopic (exact) mass is 179 g/mol. The summed E-state index contributed by atoms with van der Waals surface area (Å²) in [7, 11) is 0. The molecular formula is C5H9NO4S. The van der Waals surface area contributed by atoms with Crippen LogP contribution in [0.15, 0.2) is 0 Å². The van der Waals surface area contributed by atoms with Crippen molar-refractivity contribution < 1.29 is 19.4 Å². The summed E-state index contributed by atoms with van der Waals surface area (Å²) in [5.74, 6) is -1.79. The number of nitrogens with two attached hydrogens (primary N) is 1. The van der Waals surface area contributed by atoms with Crippen molar-refractivity contribution in [1.82, 2.24) is 0 Å². The molecule has 0 fully saturated rings. The van der Waals surface area contributed by atoms with Crippen LogP contribution >= 0.6 is 12.6 Å². The van der Waals surface area contributed by atoms with E-state index in [9.17, 15) is 9.59 Å². The highest BCUT2D eigenvalue weighted by atomic mass is 32.1. The second-order valence-electron chi connectivity index (χ2n) is 1.74. The maximum absolute atomic E-state index is 10.6. The molecule has 0 saturated carbocycles. The normalized spacial score (nSPS) is 12.3. The predicted octanol–water partition coefficient (Wildman–Crippen LogP) is -1.69. The summed E-state index contributed by atoms with van der Waals surface area (Å²) in [6.45, 7) is -0.828. The third-order valence-electron chi connectivity index (χ3n) is 0.843. The van der Waals surface area contributed by atoms with Crippen molar-refractivity contribution in [2.75, 3.05) is 12.4 Å². The summed E-state index contributed by atoms with van der Waals surface area (Å²) in [6.07, 6.45) is 0. The van der Waals surface area contributed by atoms with Crippen molar-refractivity contribution >= 4 is 24.6 Å². The number of carbonyl (C=O) groups is 2. The van der Waals surface area contributed by atoms with Gasteiger partial charge in [0.05, 0.1) is 0 Å². The van der Waals surface area contributed by atoms with Gasteiger partial charge in [-0.05, 0) is 0 Å². The van der Waals surface area contributed by atoms with Gasteiger partial charge in [0.25, 0.3) is 0 Å². The van der Waals surface area contributed by atoms with E-state index in [-0.39, 0.29) is 5.75 Å². The van der Waals surface area contributed by atoms with Crippen molar-refractivity contribution in [3.05, 3.63) is 0 Å². The zero-order valence-corrected chi connectivity index (χ0v) is 6.58. The molecule has 0 spiro atoms. The Labute approximate surface area is 68.9 Å². The van der Waals surface area contributed by atoms with E-state index in [4.69, 9.17) is 10.8 Å². The Bertz CT molecular complexity index is 161. The lowest BCUT2D eigenvalue weighted by molar-refractivity contribution is -0.162. The van der Waals surface area contributed by atoms with Crippen LogP contribution in [0.3, 0.4) is 0 Å². The van der Waals surface area contributed by atoms with Crippen molar-refractivity contribution in [1.29, 1.82) is 0 Å². The number of hydrogen-bond acceptors (Lipinski definition) is 6. The average molecular weight is 179 g/mol. The molecule has 0 aliphatic rings. The number of aliphatic hydroxyl groups is 1. The highest BCUT2D eigenvalue weighted by Gasteiger charge is 2.16. The van der Waals surface area contributed by atoms with E-state index in [1.807, 2.05) is 0 Å². The molecule has 0 saturated heterocycles. The highest BCUT2D eigenvalue weighted by molar-refractivity contribution is 7.80. The van der Waals surface area contributed by atoms with E-state index in [1.54, 1.807) is 0 Å². The lowest BCUT2D eigenvalue weighted by Crippen LogP contribution is -2.35. The van der Waals surface area contributed by atoms with E-state index in [1.165, 1.54) is 0 Å². The molecule has 0 aliphatic carbocycles. The van der Waals surface area contributed by atoms with Gasteiger partial charge < -0.3 is 15.6 Å². The highest BCUT2D eigenvalue weighted by Crippen LogP contribution is 1.88. The Morgan fingerprint density at radius 3 is 2.55 bits per heavy atom. The quantitative estimate of drug-likeness (QED) is 0.273. The number of ether oxygens (including phenoxy) is 1. The van der Waals surface area contributed by atoms with Crippen LogP contribution in [0.1, 0.15) is 0 Å². The molecule has 0 aromatic carbocycles. The predicted molar refractivity (Wildman–Crippen MR) is 40.0 cm³/mol. The van der Waals surface area contributed by atoms with Gasteiger partial charge in [-0.25, -0.2) is 9.59 Å². The van der Waals surface area contributed by atoms with Crippen LogP contribution in [-0.4, -0.2) is 35.4 Å². The zero-order valence-electron chi connectivity index (χ0n) is 5.69. The summed E-state index contributed by atoms with van der Waals surface area (Å²) >= 11 is 3.71. The minimum Gasteiger partial charge on any atom is -0.390 e. The number of esters is 2. The van der Waals surface area contributed by atoms with E-state index in [2.05, 4.69) is 17.4 Å². The minimum atomic E-state index is -1.01. The summed E-state index contributed by atoms with van der Waals surface area (Å²) < 4.78 is 4.05. The third-order valence-corrected chi connectivity index (χ3v) is 1.24. The van der Waals surface area contributed by atoms with Crippen LogP contribution in [0.4, 0.5) is 0 Å². The first-order valence-electron chi connectivity index (χ1n) is 2.83. The molecular weight excluding hydrogens is 170 g/mol. The molecule has 3 N–H and O–H groups in total. The third kappa shape index (κ3) is 3.97. The number of rotatable bonds is 3. The van der Waals surface area contributed by atoms with Crippen LogP contribution in [-0.2, 0) is 14.3 Å². The van der Waals surface area contributed by atoms with Crippen molar-refractivity contribution in [3.63, 3.8) is 0 Å². The molecule has 0 heterocycles. The molecule has 5 nitrogen and oxygen atoms in total. The van der Waals surface area contributed by atoms with E-state index in [0.717, 1.165) is 0 Å². The van der Waals surface area contributed by atoms with Crippen LogP contribution in [0.25, 0.3) is 0 Å². The van der Waals surface area contributed by atoms with Crippen molar-refractivity contribution in [3.8, 4) is 0 Å². The summed E-state index contributed by atoms with van der Waals surface area (Å²) in [5.41, 5.74) is 5.13. The number of hydrogen-bond donors (Lipinski definition) is 3. The first kappa shape index (κ1) is 10.4. The van der Waals surface area contributed by atoms with Gasteiger partial charge in [-0.2, -0.15) is 12.6 Å². The molecule has 0 amide bonds. The van der Waals surface area contributed by atoms with Crippen molar-refractivity contribution in [2.45, 2.75) is 6.04 Å². The van der Waals surface area contributed by atoms with Gasteiger partial charge in [-0.3, -0.25) is 0 Å². The van der Waals surface area contributed by atoms with E-state index < -0.39 is 24.6 Å². The van der Waals surface area contributed by atoms with Crippen LogP contribution in [0, 0.1) is 0 Å². The largest absolute Gasteiger partial charge is 0.390 e. The molecule has 0 bridgehead atoms. The Hall–Kier alpha value is -0.590. The molecule has 0 aliphatic heterocycles. The van der Waals surface area contributed by atoms with E-state index >= 15 is 0 Å². The lowest BCUT2D eigenvalue weighted by atomic mass is 10.4.